The first-order chi connectivity index (χ1) is 16.2. The first-order valence-electron chi connectivity index (χ1n) is 10.8. The fourth-order valence-corrected chi connectivity index (χ4v) is 3.35. The van der Waals surface area contributed by atoms with E-state index >= 15 is 0 Å². The number of anilines is 1. The van der Waals surface area contributed by atoms with Crippen molar-refractivity contribution in [3.8, 4) is 6.01 Å². The quantitative estimate of drug-likeness (QED) is 0.309. The summed E-state index contributed by atoms with van der Waals surface area (Å²) in [7, 11) is 1.39. The third-order valence-corrected chi connectivity index (χ3v) is 5.37. The number of nitrogens with one attached hydrogen (secondary N) is 1. The Hall–Kier alpha value is -3.21. The summed E-state index contributed by atoms with van der Waals surface area (Å²) in [5.41, 5.74) is 0.315. The third kappa shape index (κ3) is 8.20. The van der Waals surface area contributed by atoms with Gasteiger partial charge in [0.2, 0.25) is 0 Å². The van der Waals surface area contributed by atoms with E-state index in [2.05, 4.69) is 20.0 Å². The molecule has 1 unspecified atom stereocenters. The first kappa shape index (κ1) is 28.0. The van der Waals surface area contributed by atoms with Gasteiger partial charge in [-0.25, -0.2) is 4.39 Å². The molecule has 35 heavy (non-hydrogen) atoms. The fourth-order valence-electron chi connectivity index (χ4n) is 3.35. The lowest BCUT2D eigenvalue weighted by Crippen LogP contribution is -2.26. The van der Waals surface area contributed by atoms with E-state index in [1.54, 1.807) is 25.1 Å². The van der Waals surface area contributed by atoms with E-state index in [1.165, 1.54) is 40.0 Å². The average molecular weight is 500 g/mol. The van der Waals surface area contributed by atoms with Crippen LogP contribution < -0.4 is 10.1 Å². The van der Waals surface area contributed by atoms with Crippen LogP contribution in [-0.4, -0.2) is 47.2 Å². The number of ether oxygens (including phenoxy) is 2. The van der Waals surface area contributed by atoms with Gasteiger partial charge >= 0.3 is 18.3 Å². The van der Waals surface area contributed by atoms with Crippen LogP contribution in [0.1, 0.15) is 46.2 Å². The van der Waals surface area contributed by atoms with E-state index in [-0.39, 0.29) is 18.0 Å². The molecular formula is C24H29F4N3O4. The SMILES string of the molecule is COc1nc(NCCC2=CCC(OC(F)(F)F)C=C2)cc(/C(C)=C/C(=C(\C)F)C(C)(C)C(=O)O)n1. The maximum absolute atomic E-state index is 14.2. The van der Waals surface area contributed by atoms with Crippen molar-refractivity contribution in [1.29, 1.82) is 0 Å². The van der Waals surface area contributed by atoms with Crippen LogP contribution in [0.15, 0.2) is 47.3 Å². The lowest BCUT2D eigenvalue weighted by Gasteiger charge is -2.22. The largest absolute Gasteiger partial charge is 0.523 e. The lowest BCUT2D eigenvalue weighted by molar-refractivity contribution is -0.336. The minimum Gasteiger partial charge on any atom is -0.481 e. The highest BCUT2D eigenvalue weighted by Gasteiger charge is 2.33. The van der Waals surface area contributed by atoms with Crippen molar-refractivity contribution in [3.63, 3.8) is 0 Å². The maximum atomic E-state index is 14.2. The number of allylic oxidation sites excluding steroid dienone is 4. The van der Waals surface area contributed by atoms with Gasteiger partial charge in [-0.3, -0.25) is 9.53 Å². The number of carboxylic acids is 1. The second-order valence-corrected chi connectivity index (χ2v) is 8.48. The molecule has 1 aromatic heterocycles. The molecule has 1 aromatic rings. The molecule has 0 saturated heterocycles. The van der Waals surface area contributed by atoms with Crippen LogP contribution in [0.25, 0.3) is 5.57 Å². The number of halogens is 4. The minimum absolute atomic E-state index is 0.0124. The number of carboxylic acid groups (broad SMARTS) is 1. The molecule has 0 spiro atoms. The topological polar surface area (TPSA) is 93.6 Å². The van der Waals surface area contributed by atoms with Gasteiger partial charge in [-0.2, -0.15) is 9.97 Å². The van der Waals surface area contributed by atoms with E-state index < -0.39 is 29.7 Å². The summed E-state index contributed by atoms with van der Waals surface area (Å²) in [6, 6.07) is 1.67. The first-order valence-corrected chi connectivity index (χ1v) is 10.8. The van der Waals surface area contributed by atoms with Gasteiger partial charge in [-0.15, -0.1) is 13.2 Å². The van der Waals surface area contributed by atoms with Gasteiger partial charge < -0.3 is 15.2 Å². The standard InChI is InChI=1S/C24H29F4N3O4/c1-14(12-18(15(2)25)23(3,4)21(32)33)19-13-20(31-22(30-19)34-5)29-11-10-16-6-8-17(9-7-16)35-24(26,27)28/h6-8,12-13,17H,9-11H2,1-5H3,(H,32,33)(H,29,30,31)/b14-12+,18-15-. The zero-order valence-electron chi connectivity index (χ0n) is 20.2. The molecule has 0 bridgehead atoms. The Labute approximate surface area is 201 Å². The minimum atomic E-state index is -4.68. The zero-order valence-corrected chi connectivity index (χ0v) is 20.2. The summed E-state index contributed by atoms with van der Waals surface area (Å²) in [6.45, 7) is 6.12. The van der Waals surface area contributed by atoms with Gasteiger partial charge in [-0.05, 0) is 46.1 Å². The van der Waals surface area contributed by atoms with Crippen LogP contribution in [0.4, 0.5) is 23.4 Å². The molecule has 1 heterocycles. The Kier molecular flexibility index (Phi) is 9.19. The van der Waals surface area contributed by atoms with Crippen LogP contribution in [-0.2, 0) is 9.53 Å². The smallest absolute Gasteiger partial charge is 0.481 e. The highest BCUT2D eigenvalue weighted by atomic mass is 19.4. The van der Waals surface area contributed by atoms with Gasteiger partial charge in [0.25, 0.3) is 0 Å². The number of methoxy groups -OCH3 is 1. The van der Waals surface area contributed by atoms with Crippen molar-refractivity contribution in [2.45, 2.75) is 53.0 Å². The molecule has 0 radical (unpaired) electrons. The molecule has 7 nitrogen and oxygen atoms in total. The van der Waals surface area contributed by atoms with Gasteiger partial charge in [0.05, 0.1) is 24.3 Å². The Balaban J connectivity index is 2.13. The molecule has 11 heteroatoms. The number of alkyl halides is 3. The molecule has 192 valence electrons. The normalized spacial score (nSPS) is 17.6. The highest BCUT2D eigenvalue weighted by Crippen LogP contribution is 2.33. The number of aromatic nitrogens is 2. The second-order valence-electron chi connectivity index (χ2n) is 8.48. The van der Waals surface area contributed by atoms with Gasteiger partial charge in [0, 0.05) is 18.2 Å². The summed E-state index contributed by atoms with van der Waals surface area (Å²) in [4.78, 5) is 20.1. The summed E-state index contributed by atoms with van der Waals surface area (Å²) in [5.74, 6) is -1.37. The molecule has 2 rings (SSSR count). The van der Waals surface area contributed by atoms with Crippen LogP contribution in [0.3, 0.4) is 0 Å². The maximum Gasteiger partial charge on any atom is 0.523 e. The summed E-state index contributed by atoms with van der Waals surface area (Å²) in [5, 5.41) is 12.6. The molecule has 1 aliphatic carbocycles. The van der Waals surface area contributed by atoms with E-state index in [0.29, 0.717) is 30.1 Å². The van der Waals surface area contributed by atoms with E-state index in [4.69, 9.17) is 4.74 Å². The number of aliphatic carboxylic acids is 1. The molecule has 1 atom stereocenters. The average Bonchev–Trinajstić information content (AvgIpc) is 2.76. The zero-order chi connectivity index (χ0) is 26.4. The molecule has 0 aromatic carbocycles. The van der Waals surface area contributed by atoms with Gasteiger partial charge in [-0.1, -0.05) is 29.9 Å². The molecule has 0 amide bonds. The third-order valence-electron chi connectivity index (χ3n) is 5.37. The number of carbonyl (C=O) groups is 1. The van der Waals surface area contributed by atoms with Crippen molar-refractivity contribution >= 4 is 17.4 Å². The van der Waals surface area contributed by atoms with Crippen molar-refractivity contribution in [3.05, 3.63) is 53.0 Å². The van der Waals surface area contributed by atoms with E-state index in [0.717, 1.165) is 5.57 Å². The van der Waals surface area contributed by atoms with E-state index in [9.17, 15) is 27.5 Å². The molecular weight excluding hydrogens is 470 g/mol. The predicted molar refractivity (Wildman–Crippen MR) is 123 cm³/mol. The van der Waals surface area contributed by atoms with Crippen molar-refractivity contribution in [2.75, 3.05) is 19.0 Å². The Morgan fingerprint density at radius 3 is 2.49 bits per heavy atom. The Morgan fingerprint density at radius 1 is 1.29 bits per heavy atom. The van der Waals surface area contributed by atoms with Gasteiger partial charge in [0.15, 0.2) is 0 Å². The van der Waals surface area contributed by atoms with Crippen molar-refractivity contribution < 1.29 is 36.9 Å². The van der Waals surface area contributed by atoms with Crippen LogP contribution >= 0.6 is 0 Å². The highest BCUT2D eigenvalue weighted by molar-refractivity contribution is 5.80. The number of hydrogen-bond acceptors (Lipinski definition) is 6. The molecule has 1 aliphatic rings. The van der Waals surface area contributed by atoms with Crippen LogP contribution in [0.5, 0.6) is 6.01 Å². The van der Waals surface area contributed by atoms with Crippen molar-refractivity contribution in [1.82, 2.24) is 9.97 Å². The number of rotatable bonds is 10. The second kappa shape index (κ2) is 11.5. The van der Waals surface area contributed by atoms with E-state index in [1.807, 2.05) is 0 Å². The van der Waals surface area contributed by atoms with Crippen molar-refractivity contribution in [2.24, 2.45) is 5.41 Å². The number of hydrogen-bond donors (Lipinski definition) is 2. The predicted octanol–water partition coefficient (Wildman–Crippen LogP) is 5.84. The Bertz CT molecular complexity index is 1060. The number of nitrogens with zero attached hydrogens (tertiary/aromatic N) is 2. The summed E-state index contributed by atoms with van der Waals surface area (Å²) >= 11 is 0. The summed E-state index contributed by atoms with van der Waals surface area (Å²) < 4.78 is 60.3. The molecule has 0 fully saturated rings. The molecule has 0 saturated carbocycles. The monoisotopic (exact) mass is 499 g/mol. The summed E-state index contributed by atoms with van der Waals surface area (Å²) in [6.07, 6.45) is 1.02. The van der Waals surface area contributed by atoms with Crippen LogP contribution in [0.2, 0.25) is 0 Å². The van der Waals surface area contributed by atoms with Gasteiger partial charge in [0.1, 0.15) is 11.6 Å². The Morgan fingerprint density at radius 2 is 1.97 bits per heavy atom. The lowest BCUT2D eigenvalue weighted by atomic mass is 9.82. The molecule has 2 N–H and O–H groups in total. The van der Waals surface area contributed by atoms with Crippen LogP contribution in [0, 0.1) is 5.41 Å². The molecule has 0 aliphatic heterocycles. The fraction of sp³-hybridized carbons (Fsp3) is 0.458.